The van der Waals surface area contributed by atoms with Gasteiger partial charge in [0, 0.05) is 0 Å². The SMILES string of the molecule is O=c1[nH]ncc(N/N=C\c2ccc(-c3ccccc3F)o2)c1Cl. The Hall–Kier alpha value is -2.93. The number of hydrazone groups is 1. The first kappa shape index (κ1) is 15.0. The molecule has 2 heterocycles. The van der Waals surface area contributed by atoms with Crippen LogP contribution in [0.5, 0.6) is 0 Å². The normalized spacial score (nSPS) is 11.0. The number of rotatable bonds is 4. The Kier molecular flexibility index (Phi) is 4.20. The highest BCUT2D eigenvalue weighted by Crippen LogP contribution is 2.24. The largest absolute Gasteiger partial charge is 0.455 e. The van der Waals surface area contributed by atoms with Gasteiger partial charge in [0.15, 0.2) is 0 Å². The number of hydrogen-bond donors (Lipinski definition) is 2. The lowest BCUT2D eigenvalue weighted by Gasteiger charge is -2.00. The third-order valence-electron chi connectivity index (χ3n) is 2.94. The van der Waals surface area contributed by atoms with Gasteiger partial charge in [-0.2, -0.15) is 10.2 Å². The average molecular weight is 333 g/mol. The highest BCUT2D eigenvalue weighted by molar-refractivity contribution is 6.32. The molecule has 0 spiro atoms. The Bertz CT molecular complexity index is 920. The van der Waals surface area contributed by atoms with Gasteiger partial charge >= 0.3 is 0 Å². The molecule has 0 aliphatic carbocycles. The molecule has 2 aromatic heterocycles. The minimum absolute atomic E-state index is 0.0522. The topological polar surface area (TPSA) is 83.3 Å². The molecule has 23 heavy (non-hydrogen) atoms. The summed E-state index contributed by atoms with van der Waals surface area (Å²) in [6, 6.07) is 9.59. The van der Waals surface area contributed by atoms with Crippen molar-refractivity contribution in [3.05, 3.63) is 69.5 Å². The van der Waals surface area contributed by atoms with Gasteiger partial charge in [0.25, 0.3) is 5.56 Å². The lowest BCUT2D eigenvalue weighted by atomic mass is 10.1. The summed E-state index contributed by atoms with van der Waals surface area (Å²) in [6.45, 7) is 0. The molecule has 0 saturated heterocycles. The van der Waals surface area contributed by atoms with Gasteiger partial charge < -0.3 is 4.42 Å². The second-order valence-electron chi connectivity index (χ2n) is 4.48. The van der Waals surface area contributed by atoms with Crippen LogP contribution in [0.3, 0.4) is 0 Å². The Morgan fingerprint density at radius 2 is 2.13 bits per heavy atom. The quantitative estimate of drug-likeness (QED) is 0.567. The number of furan rings is 1. The van der Waals surface area contributed by atoms with Gasteiger partial charge in [-0.1, -0.05) is 23.7 Å². The Labute approximate surface area is 134 Å². The van der Waals surface area contributed by atoms with E-state index in [2.05, 4.69) is 20.7 Å². The monoisotopic (exact) mass is 332 g/mol. The van der Waals surface area contributed by atoms with Crippen LogP contribution in [0.15, 0.2) is 56.9 Å². The number of aromatic nitrogens is 2. The van der Waals surface area contributed by atoms with Crippen molar-refractivity contribution >= 4 is 23.5 Å². The van der Waals surface area contributed by atoms with Gasteiger partial charge in [-0.15, -0.1) is 0 Å². The van der Waals surface area contributed by atoms with E-state index in [-0.39, 0.29) is 16.5 Å². The van der Waals surface area contributed by atoms with Gasteiger partial charge in [0.05, 0.1) is 18.0 Å². The zero-order chi connectivity index (χ0) is 16.2. The first-order valence-corrected chi connectivity index (χ1v) is 6.90. The molecular weight excluding hydrogens is 323 g/mol. The van der Waals surface area contributed by atoms with E-state index in [9.17, 15) is 9.18 Å². The molecule has 2 N–H and O–H groups in total. The second-order valence-corrected chi connectivity index (χ2v) is 4.86. The van der Waals surface area contributed by atoms with E-state index in [0.29, 0.717) is 17.1 Å². The van der Waals surface area contributed by atoms with E-state index >= 15 is 0 Å². The predicted octanol–water partition coefficient (Wildman–Crippen LogP) is 3.27. The molecule has 1 aromatic carbocycles. The van der Waals surface area contributed by atoms with Crippen molar-refractivity contribution in [1.29, 1.82) is 0 Å². The molecule has 3 rings (SSSR count). The summed E-state index contributed by atoms with van der Waals surface area (Å²) in [5, 5.41) is 9.64. The minimum atomic E-state index is -0.522. The van der Waals surface area contributed by atoms with Crippen LogP contribution >= 0.6 is 11.6 Å². The molecule has 6 nitrogen and oxygen atoms in total. The zero-order valence-corrected chi connectivity index (χ0v) is 12.3. The Morgan fingerprint density at radius 3 is 2.96 bits per heavy atom. The van der Waals surface area contributed by atoms with Crippen molar-refractivity contribution in [3.63, 3.8) is 0 Å². The van der Waals surface area contributed by atoms with Gasteiger partial charge in [-0.3, -0.25) is 10.2 Å². The molecule has 0 radical (unpaired) electrons. The van der Waals surface area contributed by atoms with Crippen LogP contribution in [0.25, 0.3) is 11.3 Å². The van der Waals surface area contributed by atoms with E-state index in [1.807, 2.05) is 0 Å². The van der Waals surface area contributed by atoms with Crippen molar-refractivity contribution in [2.75, 3.05) is 5.43 Å². The van der Waals surface area contributed by atoms with Crippen molar-refractivity contribution in [1.82, 2.24) is 10.2 Å². The van der Waals surface area contributed by atoms with Crippen LogP contribution in [0.2, 0.25) is 5.02 Å². The molecule has 0 aliphatic rings. The number of aromatic amines is 1. The number of H-pyrrole nitrogens is 1. The van der Waals surface area contributed by atoms with E-state index in [1.165, 1.54) is 18.5 Å². The number of halogens is 2. The Morgan fingerprint density at radius 1 is 1.30 bits per heavy atom. The van der Waals surface area contributed by atoms with Gasteiger partial charge in [0.1, 0.15) is 28.0 Å². The average Bonchev–Trinajstić information content (AvgIpc) is 3.00. The van der Waals surface area contributed by atoms with Crippen LogP contribution in [-0.2, 0) is 0 Å². The minimum Gasteiger partial charge on any atom is -0.455 e. The van der Waals surface area contributed by atoms with Gasteiger partial charge in [-0.05, 0) is 24.3 Å². The fraction of sp³-hybridized carbons (Fsp3) is 0. The molecule has 3 aromatic rings. The highest BCUT2D eigenvalue weighted by atomic mass is 35.5. The number of nitrogens with zero attached hydrogens (tertiary/aromatic N) is 2. The molecule has 0 bridgehead atoms. The van der Waals surface area contributed by atoms with Gasteiger partial charge in [0.2, 0.25) is 0 Å². The van der Waals surface area contributed by atoms with Crippen LogP contribution in [-0.4, -0.2) is 16.4 Å². The zero-order valence-electron chi connectivity index (χ0n) is 11.6. The maximum atomic E-state index is 13.7. The number of benzene rings is 1. The lowest BCUT2D eigenvalue weighted by molar-refractivity contribution is 0.563. The molecule has 116 valence electrons. The third kappa shape index (κ3) is 3.29. The summed E-state index contributed by atoms with van der Waals surface area (Å²) in [6.07, 6.45) is 2.70. The van der Waals surface area contributed by atoms with Crippen molar-refractivity contribution < 1.29 is 8.81 Å². The smallest absolute Gasteiger partial charge is 0.285 e. The second kappa shape index (κ2) is 6.45. The van der Waals surface area contributed by atoms with Crippen LogP contribution in [0.4, 0.5) is 10.1 Å². The van der Waals surface area contributed by atoms with Gasteiger partial charge in [-0.25, -0.2) is 9.49 Å². The lowest BCUT2D eigenvalue weighted by Crippen LogP contribution is -2.09. The van der Waals surface area contributed by atoms with E-state index in [0.717, 1.165) is 0 Å². The summed E-state index contributed by atoms with van der Waals surface area (Å²) < 4.78 is 19.2. The van der Waals surface area contributed by atoms with Crippen molar-refractivity contribution in [3.8, 4) is 11.3 Å². The van der Waals surface area contributed by atoms with E-state index in [4.69, 9.17) is 16.0 Å². The van der Waals surface area contributed by atoms with Crippen molar-refractivity contribution in [2.45, 2.75) is 0 Å². The van der Waals surface area contributed by atoms with Crippen LogP contribution in [0.1, 0.15) is 5.76 Å². The van der Waals surface area contributed by atoms with E-state index in [1.54, 1.807) is 30.3 Å². The highest BCUT2D eigenvalue weighted by Gasteiger charge is 2.08. The van der Waals surface area contributed by atoms with Crippen molar-refractivity contribution in [2.24, 2.45) is 5.10 Å². The molecule has 0 unspecified atom stereocenters. The maximum absolute atomic E-state index is 13.7. The number of nitrogens with one attached hydrogen (secondary N) is 2. The standard InChI is InChI=1S/C15H10ClFN4O2/c16-14-12(8-19-21-15(14)22)20-18-7-9-5-6-13(23-9)10-3-1-2-4-11(10)17/h1-8H,(H2,20,21,22)/b18-7-. The molecule has 0 atom stereocenters. The molecule has 0 aliphatic heterocycles. The number of anilines is 1. The molecule has 8 heteroatoms. The fourth-order valence-corrected chi connectivity index (χ4v) is 1.99. The summed E-state index contributed by atoms with van der Waals surface area (Å²) >= 11 is 5.79. The first-order valence-electron chi connectivity index (χ1n) is 6.52. The maximum Gasteiger partial charge on any atom is 0.285 e. The molecule has 0 saturated carbocycles. The fourth-order valence-electron chi connectivity index (χ4n) is 1.85. The van der Waals surface area contributed by atoms with E-state index < -0.39 is 5.56 Å². The summed E-state index contributed by atoms with van der Waals surface area (Å²) in [4.78, 5) is 11.3. The summed E-state index contributed by atoms with van der Waals surface area (Å²) in [5.74, 6) is 0.426. The molecular formula is C15H10ClFN4O2. The summed E-state index contributed by atoms with van der Waals surface area (Å²) in [7, 11) is 0. The molecule has 0 fully saturated rings. The predicted molar refractivity (Wildman–Crippen MR) is 85.2 cm³/mol. The number of hydrogen-bond acceptors (Lipinski definition) is 5. The summed E-state index contributed by atoms with van der Waals surface area (Å²) in [5.41, 5.74) is 2.68. The Balaban J connectivity index is 1.76. The molecule has 0 amide bonds. The van der Waals surface area contributed by atoms with Crippen LogP contribution < -0.4 is 11.0 Å². The van der Waals surface area contributed by atoms with Crippen LogP contribution in [0, 0.1) is 5.82 Å². The first-order chi connectivity index (χ1) is 11.1. The third-order valence-corrected chi connectivity index (χ3v) is 3.31.